The Morgan fingerprint density at radius 1 is 1.43 bits per heavy atom. The maximum Gasteiger partial charge on any atom is 0.0713 e. The molecule has 0 aromatic heterocycles. The second-order valence-electron chi connectivity index (χ2n) is 4.62. The molecule has 0 aliphatic carbocycles. The van der Waals surface area contributed by atoms with Crippen LogP contribution < -0.4 is 5.32 Å². The van der Waals surface area contributed by atoms with Crippen molar-refractivity contribution >= 4 is 0 Å². The van der Waals surface area contributed by atoms with Crippen LogP contribution in [0.4, 0.5) is 0 Å². The molecule has 2 aliphatic heterocycles. The molecule has 2 fully saturated rings. The van der Waals surface area contributed by atoms with Crippen molar-refractivity contribution in [2.45, 2.75) is 44.9 Å². The van der Waals surface area contributed by atoms with E-state index in [0.717, 1.165) is 25.7 Å². The molecule has 2 aliphatic rings. The van der Waals surface area contributed by atoms with Crippen molar-refractivity contribution < 1.29 is 4.74 Å². The molecule has 0 aromatic carbocycles. The summed E-state index contributed by atoms with van der Waals surface area (Å²) >= 11 is 0. The van der Waals surface area contributed by atoms with Crippen molar-refractivity contribution in [1.82, 2.24) is 10.2 Å². The number of nitrogens with one attached hydrogen (secondary N) is 1. The van der Waals surface area contributed by atoms with Crippen LogP contribution in [0.3, 0.4) is 0 Å². The molecule has 3 unspecified atom stereocenters. The highest BCUT2D eigenvalue weighted by Crippen LogP contribution is 2.18. The summed E-state index contributed by atoms with van der Waals surface area (Å²) < 4.78 is 5.65. The van der Waals surface area contributed by atoms with Gasteiger partial charge < -0.3 is 10.1 Å². The van der Waals surface area contributed by atoms with Gasteiger partial charge in [0.05, 0.1) is 12.7 Å². The molecule has 2 heterocycles. The molecule has 0 aromatic rings. The SMILES string of the molecule is CC1OCCNC1CN1CCCC1C. The molecule has 3 atom stereocenters. The van der Waals surface area contributed by atoms with E-state index in [9.17, 15) is 0 Å². The molecular weight excluding hydrogens is 176 g/mol. The summed E-state index contributed by atoms with van der Waals surface area (Å²) in [5.74, 6) is 0. The van der Waals surface area contributed by atoms with Crippen molar-refractivity contribution in [1.29, 1.82) is 0 Å². The van der Waals surface area contributed by atoms with Gasteiger partial charge in [0.2, 0.25) is 0 Å². The minimum Gasteiger partial charge on any atom is -0.376 e. The van der Waals surface area contributed by atoms with E-state index in [1.807, 2.05) is 0 Å². The quantitative estimate of drug-likeness (QED) is 0.712. The number of likely N-dealkylation sites (tertiary alicyclic amines) is 1. The van der Waals surface area contributed by atoms with Gasteiger partial charge in [-0.05, 0) is 33.2 Å². The summed E-state index contributed by atoms with van der Waals surface area (Å²) in [7, 11) is 0. The zero-order valence-corrected chi connectivity index (χ0v) is 9.33. The van der Waals surface area contributed by atoms with E-state index in [-0.39, 0.29) is 0 Å². The Morgan fingerprint density at radius 2 is 2.29 bits per heavy atom. The molecule has 2 rings (SSSR count). The van der Waals surface area contributed by atoms with Gasteiger partial charge in [0, 0.05) is 25.2 Å². The number of hydrogen-bond acceptors (Lipinski definition) is 3. The number of morpholine rings is 1. The lowest BCUT2D eigenvalue weighted by molar-refractivity contribution is -0.00268. The first-order valence-corrected chi connectivity index (χ1v) is 5.86. The van der Waals surface area contributed by atoms with Crippen LogP contribution in [0.2, 0.25) is 0 Å². The first-order valence-electron chi connectivity index (χ1n) is 5.86. The van der Waals surface area contributed by atoms with Crippen LogP contribution in [0.5, 0.6) is 0 Å². The summed E-state index contributed by atoms with van der Waals surface area (Å²) in [6, 6.07) is 1.30. The van der Waals surface area contributed by atoms with Crippen LogP contribution in [-0.2, 0) is 4.74 Å². The summed E-state index contributed by atoms with van der Waals surface area (Å²) in [6.07, 6.45) is 3.10. The Hall–Kier alpha value is -0.120. The van der Waals surface area contributed by atoms with E-state index >= 15 is 0 Å². The maximum absolute atomic E-state index is 5.65. The highest BCUT2D eigenvalue weighted by molar-refractivity contribution is 4.85. The van der Waals surface area contributed by atoms with Gasteiger partial charge in [-0.2, -0.15) is 0 Å². The summed E-state index contributed by atoms with van der Waals surface area (Å²) in [4.78, 5) is 2.59. The molecule has 3 nitrogen and oxygen atoms in total. The van der Waals surface area contributed by atoms with E-state index in [1.54, 1.807) is 0 Å². The molecule has 14 heavy (non-hydrogen) atoms. The Balaban J connectivity index is 1.83. The van der Waals surface area contributed by atoms with Gasteiger partial charge in [-0.25, -0.2) is 0 Å². The lowest BCUT2D eigenvalue weighted by atomic mass is 10.1. The third-order valence-corrected chi connectivity index (χ3v) is 3.58. The lowest BCUT2D eigenvalue weighted by Gasteiger charge is -2.34. The molecule has 2 saturated heterocycles. The Bertz CT molecular complexity index is 186. The van der Waals surface area contributed by atoms with Crippen LogP contribution in [0, 0.1) is 0 Å². The van der Waals surface area contributed by atoms with Crippen LogP contribution in [0.25, 0.3) is 0 Å². The fraction of sp³-hybridized carbons (Fsp3) is 1.00. The highest BCUT2D eigenvalue weighted by Gasteiger charge is 2.27. The average Bonchev–Trinajstić information content (AvgIpc) is 2.56. The Kier molecular flexibility index (Phi) is 3.42. The first kappa shape index (κ1) is 10.4. The van der Waals surface area contributed by atoms with Crippen molar-refractivity contribution in [2.75, 3.05) is 26.2 Å². The first-order chi connectivity index (χ1) is 6.77. The van der Waals surface area contributed by atoms with E-state index in [4.69, 9.17) is 4.74 Å². The predicted octanol–water partition coefficient (Wildman–Crippen LogP) is 0.848. The fourth-order valence-corrected chi connectivity index (χ4v) is 2.50. The van der Waals surface area contributed by atoms with Gasteiger partial charge in [-0.15, -0.1) is 0 Å². The number of rotatable bonds is 2. The zero-order valence-electron chi connectivity index (χ0n) is 9.33. The van der Waals surface area contributed by atoms with Crippen molar-refractivity contribution in [3.63, 3.8) is 0 Å². The summed E-state index contributed by atoms with van der Waals surface area (Å²) in [6.45, 7) is 8.82. The van der Waals surface area contributed by atoms with Gasteiger partial charge in [-0.1, -0.05) is 0 Å². The largest absolute Gasteiger partial charge is 0.376 e. The molecule has 1 N–H and O–H groups in total. The third-order valence-electron chi connectivity index (χ3n) is 3.58. The van der Waals surface area contributed by atoms with Crippen LogP contribution >= 0.6 is 0 Å². The second-order valence-corrected chi connectivity index (χ2v) is 4.62. The van der Waals surface area contributed by atoms with Crippen LogP contribution in [-0.4, -0.2) is 49.3 Å². The Morgan fingerprint density at radius 3 is 2.93 bits per heavy atom. The maximum atomic E-state index is 5.65. The molecular formula is C11H22N2O. The zero-order chi connectivity index (χ0) is 9.97. The molecule has 0 bridgehead atoms. The second kappa shape index (κ2) is 4.60. The third kappa shape index (κ3) is 2.27. The molecule has 0 amide bonds. The normalized spacial score (nSPS) is 40.3. The fourth-order valence-electron chi connectivity index (χ4n) is 2.50. The number of ether oxygens (including phenoxy) is 1. The molecule has 82 valence electrons. The Labute approximate surface area is 86.8 Å². The van der Waals surface area contributed by atoms with Gasteiger partial charge in [0.1, 0.15) is 0 Å². The average molecular weight is 198 g/mol. The number of nitrogens with zero attached hydrogens (tertiary/aromatic N) is 1. The van der Waals surface area contributed by atoms with Gasteiger partial charge in [-0.3, -0.25) is 4.90 Å². The van der Waals surface area contributed by atoms with Crippen LogP contribution in [0.1, 0.15) is 26.7 Å². The molecule has 0 saturated carbocycles. The van der Waals surface area contributed by atoms with E-state index < -0.39 is 0 Å². The predicted molar refractivity (Wildman–Crippen MR) is 57.5 cm³/mol. The molecule has 0 spiro atoms. The van der Waals surface area contributed by atoms with Gasteiger partial charge >= 0.3 is 0 Å². The van der Waals surface area contributed by atoms with Crippen molar-refractivity contribution in [3.8, 4) is 0 Å². The van der Waals surface area contributed by atoms with Gasteiger partial charge in [0.25, 0.3) is 0 Å². The van der Waals surface area contributed by atoms with E-state index in [2.05, 4.69) is 24.1 Å². The minimum absolute atomic E-state index is 0.372. The smallest absolute Gasteiger partial charge is 0.0713 e. The number of hydrogen-bond donors (Lipinski definition) is 1. The monoisotopic (exact) mass is 198 g/mol. The topological polar surface area (TPSA) is 24.5 Å². The molecule has 0 radical (unpaired) electrons. The van der Waals surface area contributed by atoms with Crippen LogP contribution in [0.15, 0.2) is 0 Å². The summed E-state index contributed by atoms with van der Waals surface area (Å²) in [5.41, 5.74) is 0. The standard InChI is InChI=1S/C11H22N2O/c1-9-4-3-6-13(9)8-11-10(2)14-7-5-12-11/h9-12H,3-8H2,1-2H3. The van der Waals surface area contributed by atoms with E-state index in [1.165, 1.54) is 19.4 Å². The van der Waals surface area contributed by atoms with Crippen molar-refractivity contribution in [3.05, 3.63) is 0 Å². The highest BCUT2D eigenvalue weighted by atomic mass is 16.5. The summed E-state index contributed by atoms with van der Waals surface area (Å²) in [5, 5.41) is 3.55. The van der Waals surface area contributed by atoms with E-state index in [0.29, 0.717) is 12.1 Å². The molecule has 3 heteroatoms. The minimum atomic E-state index is 0.372. The lowest BCUT2D eigenvalue weighted by Crippen LogP contribution is -2.53. The van der Waals surface area contributed by atoms with Crippen molar-refractivity contribution in [2.24, 2.45) is 0 Å². The van der Waals surface area contributed by atoms with Gasteiger partial charge in [0.15, 0.2) is 0 Å².